The third-order valence-electron chi connectivity index (χ3n) is 2.05. The quantitative estimate of drug-likeness (QED) is 0.361. The second-order valence-corrected chi connectivity index (χ2v) is 4.88. The highest BCUT2D eigenvalue weighted by molar-refractivity contribution is 9.12. The number of thiocarbonyl (C=S) groups is 1. The van der Waals surface area contributed by atoms with E-state index in [1.54, 1.807) is 13.3 Å². The molecule has 0 aliphatic heterocycles. The molecule has 2 N–H and O–H groups in total. The van der Waals surface area contributed by atoms with Crippen LogP contribution in [0.25, 0.3) is 6.08 Å². The summed E-state index contributed by atoms with van der Waals surface area (Å²) in [5.74, 6) is 0. The Morgan fingerprint density at radius 1 is 1.42 bits per heavy atom. The van der Waals surface area contributed by atoms with Crippen LogP contribution in [0.15, 0.2) is 39.9 Å². The Bertz CT molecular complexity index is 448. The topological polar surface area (TPSA) is 45.6 Å². The maximum Gasteiger partial charge on any atom is 0.187 e. The van der Waals surface area contributed by atoms with Gasteiger partial charge in [-0.15, -0.1) is 0 Å². The summed E-state index contributed by atoms with van der Waals surface area (Å²) >= 11 is 8.44. The fourth-order valence-corrected chi connectivity index (χ4v) is 1.73. The van der Waals surface area contributed by atoms with Gasteiger partial charge in [-0.05, 0) is 39.8 Å². The highest BCUT2D eigenvalue weighted by Crippen LogP contribution is 2.09. The average Bonchev–Trinajstić information content (AvgIpc) is 2.40. The number of nitrogens with one attached hydrogen (secondary N) is 2. The lowest BCUT2D eigenvalue weighted by Crippen LogP contribution is -2.34. The number of methoxy groups -OCH3 is 1. The van der Waals surface area contributed by atoms with Gasteiger partial charge in [-0.1, -0.05) is 30.3 Å². The van der Waals surface area contributed by atoms with Crippen LogP contribution in [-0.4, -0.2) is 31.6 Å². The average molecular weight is 342 g/mol. The number of hydrogen-bond acceptors (Lipinski definition) is 3. The van der Waals surface area contributed by atoms with E-state index in [0.29, 0.717) is 18.3 Å². The molecule has 0 unspecified atom stereocenters. The van der Waals surface area contributed by atoms with E-state index in [1.165, 1.54) is 0 Å². The van der Waals surface area contributed by atoms with Gasteiger partial charge >= 0.3 is 0 Å². The smallest absolute Gasteiger partial charge is 0.187 e. The zero-order valence-electron chi connectivity index (χ0n) is 10.6. The van der Waals surface area contributed by atoms with E-state index in [4.69, 9.17) is 17.0 Å². The molecule has 4 nitrogen and oxygen atoms in total. The fraction of sp³-hybridized carbons (Fsp3) is 0.231. The van der Waals surface area contributed by atoms with Crippen LogP contribution < -0.4 is 10.7 Å². The number of hydrogen-bond donors (Lipinski definition) is 2. The maximum absolute atomic E-state index is 5.02. The zero-order valence-corrected chi connectivity index (χ0v) is 13.0. The van der Waals surface area contributed by atoms with E-state index >= 15 is 0 Å². The summed E-state index contributed by atoms with van der Waals surface area (Å²) in [4.78, 5) is 0. The van der Waals surface area contributed by atoms with Crippen LogP contribution in [0.4, 0.5) is 0 Å². The number of nitrogens with zero attached hydrogens (tertiary/aromatic N) is 1. The molecule has 0 saturated carbocycles. The van der Waals surface area contributed by atoms with Crippen molar-refractivity contribution in [2.24, 2.45) is 5.10 Å². The lowest BCUT2D eigenvalue weighted by Gasteiger charge is -2.05. The van der Waals surface area contributed by atoms with Gasteiger partial charge in [0.15, 0.2) is 5.11 Å². The Balaban J connectivity index is 2.36. The van der Waals surface area contributed by atoms with Gasteiger partial charge in [0.1, 0.15) is 0 Å². The van der Waals surface area contributed by atoms with E-state index in [9.17, 15) is 0 Å². The van der Waals surface area contributed by atoms with Crippen molar-refractivity contribution in [2.45, 2.75) is 0 Å². The summed E-state index contributed by atoms with van der Waals surface area (Å²) in [6.45, 7) is 1.25. The van der Waals surface area contributed by atoms with E-state index in [1.807, 2.05) is 36.4 Å². The van der Waals surface area contributed by atoms with E-state index in [0.717, 1.165) is 10.0 Å². The van der Waals surface area contributed by atoms with Crippen molar-refractivity contribution in [3.63, 3.8) is 0 Å². The highest BCUT2D eigenvalue weighted by Gasteiger charge is 1.92. The van der Waals surface area contributed by atoms with Crippen molar-refractivity contribution < 1.29 is 4.74 Å². The van der Waals surface area contributed by atoms with Gasteiger partial charge in [-0.2, -0.15) is 5.10 Å². The van der Waals surface area contributed by atoms with Gasteiger partial charge in [0.05, 0.1) is 12.8 Å². The molecule has 6 heteroatoms. The van der Waals surface area contributed by atoms with Gasteiger partial charge in [0.25, 0.3) is 0 Å². The van der Waals surface area contributed by atoms with Gasteiger partial charge < -0.3 is 10.1 Å². The van der Waals surface area contributed by atoms with Gasteiger partial charge in [-0.25, -0.2) is 0 Å². The Morgan fingerprint density at radius 3 is 2.84 bits per heavy atom. The van der Waals surface area contributed by atoms with Gasteiger partial charge in [0.2, 0.25) is 0 Å². The van der Waals surface area contributed by atoms with Crippen LogP contribution in [0.5, 0.6) is 0 Å². The number of halogens is 1. The molecule has 0 amide bonds. The summed E-state index contributed by atoms with van der Waals surface area (Å²) in [5.41, 5.74) is 3.82. The normalized spacial score (nSPS) is 11.6. The summed E-state index contributed by atoms with van der Waals surface area (Å²) < 4.78 is 5.75. The first kappa shape index (κ1) is 15.8. The number of allylic oxidation sites excluding steroid dienone is 1. The number of benzene rings is 1. The van der Waals surface area contributed by atoms with E-state index in [2.05, 4.69) is 31.8 Å². The number of rotatable bonds is 6. The van der Waals surface area contributed by atoms with Gasteiger partial charge in [-0.3, -0.25) is 5.43 Å². The van der Waals surface area contributed by atoms with E-state index < -0.39 is 0 Å². The van der Waals surface area contributed by atoms with Crippen molar-refractivity contribution >= 4 is 45.6 Å². The van der Waals surface area contributed by atoms with Gasteiger partial charge in [0, 0.05) is 18.1 Å². The minimum Gasteiger partial charge on any atom is -0.383 e. The molecule has 0 aromatic heterocycles. The molecule has 1 aromatic rings. The van der Waals surface area contributed by atoms with Crippen LogP contribution in [0.3, 0.4) is 0 Å². The molecule has 0 saturated heterocycles. The monoisotopic (exact) mass is 341 g/mol. The molecule has 0 heterocycles. The lowest BCUT2D eigenvalue weighted by atomic mass is 10.2. The summed E-state index contributed by atoms with van der Waals surface area (Å²) in [7, 11) is 1.64. The Hall–Kier alpha value is -1.24. The molecule has 1 aromatic carbocycles. The Labute approximate surface area is 127 Å². The first-order valence-corrected chi connectivity index (χ1v) is 6.90. The standard InChI is InChI=1S/C13H16BrN3OS/c1-18-8-7-15-13(19)17-16-10-12(14)9-11-5-3-2-4-6-11/h2-6,9-10H,7-8H2,1H3,(H2,15,17,19)/b12-9-,16-10+. The molecular formula is C13H16BrN3OS. The first-order valence-electron chi connectivity index (χ1n) is 5.70. The van der Waals surface area contributed by atoms with Crippen molar-refractivity contribution in [2.75, 3.05) is 20.3 Å². The number of hydrazone groups is 1. The fourth-order valence-electron chi connectivity index (χ4n) is 1.20. The molecule has 0 bridgehead atoms. The molecule has 0 fully saturated rings. The van der Waals surface area contributed by atoms with Crippen molar-refractivity contribution in [1.29, 1.82) is 0 Å². The minimum absolute atomic E-state index is 0.466. The third kappa shape index (κ3) is 7.71. The predicted octanol–water partition coefficient (Wildman–Crippen LogP) is 2.52. The summed E-state index contributed by atoms with van der Waals surface area (Å²) in [6, 6.07) is 9.97. The van der Waals surface area contributed by atoms with Crippen molar-refractivity contribution in [3.8, 4) is 0 Å². The van der Waals surface area contributed by atoms with Crippen LogP contribution in [0, 0.1) is 0 Å². The largest absolute Gasteiger partial charge is 0.383 e. The second kappa shape index (κ2) is 9.66. The Kier molecular flexibility index (Phi) is 8.04. The molecule has 19 heavy (non-hydrogen) atoms. The first-order chi connectivity index (χ1) is 9.22. The summed E-state index contributed by atoms with van der Waals surface area (Å²) in [6.07, 6.45) is 3.61. The molecule has 1 rings (SSSR count). The van der Waals surface area contributed by atoms with Crippen LogP contribution >= 0.6 is 28.1 Å². The molecule has 0 spiro atoms. The minimum atomic E-state index is 0.466. The van der Waals surface area contributed by atoms with E-state index in [-0.39, 0.29) is 0 Å². The maximum atomic E-state index is 5.02. The zero-order chi connectivity index (χ0) is 13.9. The molecule has 102 valence electrons. The van der Waals surface area contributed by atoms with Crippen molar-refractivity contribution in [3.05, 3.63) is 40.4 Å². The molecular weight excluding hydrogens is 326 g/mol. The van der Waals surface area contributed by atoms with Crippen molar-refractivity contribution in [1.82, 2.24) is 10.7 Å². The number of ether oxygens (including phenoxy) is 1. The molecule has 0 aliphatic carbocycles. The SMILES string of the molecule is COCCNC(=S)N/N=C/C(Br)=C/c1ccccc1. The van der Waals surface area contributed by atoms with Crippen LogP contribution in [0.2, 0.25) is 0 Å². The highest BCUT2D eigenvalue weighted by atomic mass is 79.9. The summed E-state index contributed by atoms with van der Waals surface area (Å²) in [5, 5.41) is 7.43. The van der Waals surface area contributed by atoms with Crippen LogP contribution in [0.1, 0.15) is 5.56 Å². The predicted molar refractivity (Wildman–Crippen MR) is 87.5 cm³/mol. The third-order valence-corrected chi connectivity index (χ3v) is 2.72. The van der Waals surface area contributed by atoms with Crippen LogP contribution in [-0.2, 0) is 4.74 Å². The molecule has 0 aliphatic rings. The lowest BCUT2D eigenvalue weighted by molar-refractivity contribution is 0.204. The Morgan fingerprint density at radius 2 is 2.16 bits per heavy atom. The molecule has 0 atom stereocenters. The molecule has 0 radical (unpaired) electrons. The second-order valence-electron chi connectivity index (χ2n) is 3.56.